The summed E-state index contributed by atoms with van der Waals surface area (Å²) in [7, 11) is 0. The van der Waals surface area contributed by atoms with Gasteiger partial charge in [-0.3, -0.25) is 15.1 Å². The summed E-state index contributed by atoms with van der Waals surface area (Å²) in [5.74, 6) is -0.347. The molecule has 0 aromatic carbocycles. The number of halogens is 2. The number of pyridine rings is 2. The second-order valence-corrected chi connectivity index (χ2v) is 7.14. The van der Waals surface area contributed by atoms with Gasteiger partial charge in [0.2, 0.25) is 0 Å². The molecule has 7 nitrogen and oxygen atoms in total. The fourth-order valence-electron chi connectivity index (χ4n) is 2.87. The molecule has 0 bridgehead atoms. The number of carbonyl (C=O) groups excluding carboxylic acids is 2. The maximum absolute atomic E-state index is 12.6. The van der Waals surface area contributed by atoms with E-state index >= 15 is 0 Å². The average Bonchev–Trinajstić information content (AvgIpc) is 3.06. The molecule has 3 heterocycles. The van der Waals surface area contributed by atoms with Gasteiger partial charge in [0.25, 0.3) is 5.91 Å². The number of hydrogen-bond acceptors (Lipinski definition) is 5. The molecule has 0 saturated carbocycles. The van der Waals surface area contributed by atoms with Crippen LogP contribution in [-0.2, 0) is 6.42 Å². The third-order valence-corrected chi connectivity index (χ3v) is 4.77. The third-order valence-electron chi connectivity index (χ3n) is 4.18. The Morgan fingerprint density at radius 2 is 2.00 bits per heavy atom. The first-order chi connectivity index (χ1) is 12.8. The van der Waals surface area contributed by atoms with Crippen LogP contribution in [0.4, 0.5) is 10.5 Å². The lowest BCUT2D eigenvalue weighted by Gasteiger charge is -2.16. The molecule has 2 aromatic heterocycles. The molecule has 3 rings (SSSR count). The Bertz CT molecular complexity index is 931. The van der Waals surface area contributed by atoms with Crippen LogP contribution in [0.25, 0.3) is 0 Å². The smallest absolute Gasteiger partial charge is 0.326 e. The van der Waals surface area contributed by atoms with Gasteiger partial charge in [-0.1, -0.05) is 37.0 Å². The number of imide groups is 1. The molecule has 1 aliphatic rings. The van der Waals surface area contributed by atoms with Gasteiger partial charge in [0.15, 0.2) is 0 Å². The first-order valence-electron chi connectivity index (χ1n) is 8.38. The number of rotatable bonds is 3. The first kappa shape index (κ1) is 19.4. The molecule has 2 aromatic rings. The number of ether oxygens (including phenoxy) is 1. The number of nitrogens with one attached hydrogen (secondary N) is 2. The summed E-state index contributed by atoms with van der Waals surface area (Å²) in [6.45, 7) is 6.16. The number of nitrogens with zero attached hydrogens (tertiary/aromatic N) is 2. The minimum Gasteiger partial charge on any atom is -0.492 e. The molecule has 0 saturated heterocycles. The SMILES string of the molecule is Cc1ccnc(C(C)C)c1NC(=O)NC(=O)c1c(Cl)nc(Cl)c2c1OCC2. The summed E-state index contributed by atoms with van der Waals surface area (Å²) in [5.41, 5.74) is 2.74. The zero-order valence-corrected chi connectivity index (χ0v) is 16.5. The summed E-state index contributed by atoms with van der Waals surface area (Å²) in [4.78, 5) is 33.3. The standard InChI is InChI=1S/C18H18Cl2N4O3/c1-8(2)12-13(9(3)4-6-21-12)22-18(26)24-17(25)11-14-10(5-7-27-14)15(19)23-16(11)20/h4,6,8H,5,7H2,1-3H3,(H2,22,24,25,26). The third kappa shape index (κ3) is 3.84. The van der Waals surface area contributed by atoms with Crippen LogP contribution in [0.1, 0.15) is 46.9 Å². The number of aromatic nitrogens is 2. The Morgan fingerprint density at radius 3 is 2.70 bits per heavy atom. The Kier molecular flexibility index (Phi) is 5.53. The van der Waals surface area contributed by atoms with Gasteiger partial charge in [0.1, 0.15) is 21.6 Å². The van der Waals surface area contributed by atoms with Crippen molar-refractivity contribution in [3.63, 3.8) is 0 Å². The lowest BCUT2D eigenvalue weighted by Crippen LogP contribution is -2.35. The molecule has 0 radical (unpaired) electrons. The van der Waals surface area contributed by atoms with E-state index in [9.17, 15) is 9.59 Å². The number of aryl methyl sites for hydroxylation is 1. The average molecular weight is 409 g/mol. The van der Waals surface area contributed by atoms with E-state index in [0.29, 0.717) is 24.3 Å². The minimum absolute atomic E-state index is 0.00397. The van der Waals surface area contributed by atoms with E-state index < -0.39 is 11.9 Å². The Hall–Kier alpha value is -2.38. The summed E-state index contributed by atoms with van der Waals surface area (Å²) < 4.78 is 5.47. The van der Waals surface area contributed by atoms with Crippen molar-refractivity contribution < 1.29 is 14.3 Å². The van der Waals surface area contributed by atoms with Gasteiger partial charge in [-0.2, -0.15) is 0 Å². The lowest BCUT2D eigenvalue weighted by atomic mass is 10.1. The van der Waals surface area contributed by atoms with Crippen molar-refractivity contribution in [2.75, 3.05) is 11.9 Å². The second-order valence-electron chi connectivity index (χ2n) is 6.43. The highest BCUT2D eigenvalue weighted by molar-refractivity contribution is 6.36. The van der Waals surface area contributed by atoms with E-state index in [2.05, 4.69) is 20.6 Å². The molecule has 9 heteroatoms. The molecule has 0 atom stereocenters. The predicted molar refractivity (Wildman–Crippen MR) is 103 cm³/mol. The van der Waals surface area contributed by atoms with E-state index in [4.69, 9.17) is 27.9 Å². The van der Waals surface area contributed by atoms with Gasteiger partial charge in [-0.25, -0.2) is 9.78 Å². The zero-order chi connectivity index (χ0) is 19.7. The van der Waals surface area contributed by atoms with Gasteiger partial charge < -0.3 is 10.1 Å². The van der Waals surface area contributed by atoms with Crippen LogP contribution in [0.3, 0.4) is 0 Å². The number of urea groups is 1. The van der Waals surface area contributed by atoms with Crippen LogP contribution in [0.5, 0.6) is 5.75 Å². The Labute approximate surface area is 166 Å². The fourth-order valence-corrected chi connectivity index (χ4v) is 3.43. The minimum atomic E-state index is -0.715. The lowest BCUT2D eigenvalue weighted by molar-refractivity contribution is 0.0964. The van der Waals surface area contributed by atoms with Crippen molar-refractivity contribution in [3.05, 3.63) is 45.0 Å². The Morgan fingerprint density at radius 1 is 1.26 bits per heavy atom. The molecule has 0 unspecified atom stereocenters. The number of fused-ring (bicyclic) bond motifs is 1. The van der Waals surface area contributed by atoms with E-state index in [1.165, 1.54) is 0 Å². The fraction of sp³-hybridized carbons (Fsp3) is 0.333. The van der Waals surface area contributed by atoms with Crippen LogP contribution in [0, 0.1) is 6.92 Å². The van der Waals surface area contributed by atoms with Crippen molar-refractivity contribution in [3.8, 4) is 5.75 Å². The zero-order valence-electron chi connectivity index (χ0n) is 15.0. The normalized spacial score (nSPS) is 12.5. The van der Waals surface area contributed by atoms with Crippen LogP contribution < -0.4 is 15.4 Å². The van der Waals surface area contributed by atoms with Crippen molar-refractivity contribution in [2.24, 2.45) is 0 Å². The molecule has 1 aliphatic heterocycles. The summed E-state index contributed by atoms with van der Waals surface area (Å²) >= 11 is 12.1. The molecular weight excluding hydrogens is 391 g/mol. The molecule has 142 valence electrons. The summed E-state index contributed by atoms with van der Waals surface area (Å²) in [6, 6.07) is 1.08. The number of anilines is 1. The molecule has 2 N–H and O–H groups in total. The van der Waals surface area contributed by atoms with Crippen LogP contribution in [0.2, 0.25) is 10.3 Å². The van der Waals surface area contributed by atoms with Gasteiger partial charge >= 0.3 is 6.03 Å². The van der Waals surface area contributed by atoms with Crippen molar-refractivity contribution in [1.29, 1.82) is 0 Å². The first-order valence-corrected chi connectivity index (χ1v) is 9.13. The quantitative estimate of drug-likeness (QED) is 0.745. The van der Waals surface area contributed by atoms with Gasteiger partial charge in [-0.05, 0) is 24.5 Å². The molecular formula is C18H18Cl2N4O3. The van der Waals surface area contributed by atoms with Gasteiger partial charge in [-0.15, -0.1) is 0 Å². The molecule has 27 heavy (non-hydrogen) atoms. The number of hydrogen-bond donors (Lipinski definition) is 2. The molecule has 0 aliphatic carbocycles. The van der Waals surface area contributed by atoms with Crippen molar-refractivity contribution in [1.82, 2.24) is 15.3 Å². The van der Waals surface area contributed by atoms with Gasteiger partial charge in [0, 0.05) is 18.2 Å². The van der Waals surface area contributed by atoms with E-state index in [0.717, 1.165) is 11.3 Å². The van der Waals surface area contributed by atoms with Crippen LogP contribution in [0.15, 0.2) is 12.3 Å². The van der Waals surface area contributed by atoms with Crippen LogP contribution >= 0.6 is 23.2 Å². The highest BCUT2D eigenvalue weighted by Crippen LogP contribution is 2.37. The highest BCUT2D eigenvalue weighted by atomic mass is 35.5. The van der Waals surface area contributed by atoms with E-state index in [1.54, 1.807) is 12.3 Å². The molecule has 0 fully saturated rings. The van der Waals surface area contributed by atoms with Crippen LogP contribution in [-0.4, -0.2) is 28.5 Å². The molecule has 3 amide bonds. The second kappa shape index (κ2) is 7.70. The maximum Gasteiger partial charge on any atom is 0.326 e. The number of carbonyl (C=O) groups is 2. The largest absolute Gasteiger partial charge is 0.492 e. The molecule has 0 spiro atoms. The topological polar surface area (TPSA) is 93.2 Å². The number of amides is 3. The monoisotopic (exact) mass is 408 g/mol. The van der Waals surface area contributed by atoms with Crippen molar-refractivity contribution >= 4 is 40.8 Å². The summed E-state index contributed by atoms with van der Waals surface area (Å²) in [5, 5.41) is 5.04. The maximum atomic E-state index is 12.6. The van der Waals surface area contributed by atoms with E-state index in [-0.39, 0.29) is 27.5 Å². The van der Waals surface area contributed by atoms with E-state index in [1.807, 2.05) is 20.8 Å². The Balaban J connectivity index is 1.83. The summed E-state index contributed by atoms with van der Waals surface area (Å²) in [6.07, 6.45) is 2.20. The van der Waals surface area contributed by atoms with Crippen molar-refractivity contribution in [2.45, 2.75) is 33.1 Å². The predicted octanol–water partition coefficient (Wildman–Crippen LogP) is 4.11. The highest BCUT2D eigenvalue weighted by Gasteiger charge is 2.29. The van der Waals surface area contributed by atoms with Gasteiger partial charge in [0.05, 0.1) is 18.0 Å².